The molecule has 0 atom stereocenters. The summed E-state index contributed by atoms with van der Waals surface area (Å²) in [6, 6.07) is 18.9. The van der Waals surface area contributed by atoms with Crippen molar-refractivity contribution in [3.8, 4) is 11.5 Å². The van der Waals surface area contributed by atoms with Crippen molar-refractivity contribution in [3.63, 3.8) is 0 Å². The molecule has 0 amide bonds. The highest BCUT2D eigenvalue weighted by Crippen LogP contribution is 2.31. The Kier molecular flexibility index (Phi) is 3.48. The van der Waals surface area contributed by atoms with Crippen molar-refractivity contribution in [3.05, 3.63) is 71.2 Å². The fourth-order valence-electron chi connectivity index (χ4n) is 2.11. The molecular weight excluding hydrogens is 272 g/mol. The van der Waals surface area contributed by atoms with Crippen LogP contribution in [0.15, 0.2) is 60.7 Å². The van der Waals surface area contributed by atoms with Crippen LogP contribution < -0.4 is 4.74 Å². The van der Waals surface area contributed by atoms with Crippen molar-refractivity contribution in [2.45, 2.75) is 6.61 Å². The van der Waals surface area contributed by atoms with E-state index in [9.17, 15) is 5.11 Å². The largest absolute Gasteiger partial charge is 0.504 e. The van der Waals surface area contributed by atoms with Crippen LogP contribution in [0.1, 0.15) is 5.56 Å². The Bertz CT molecular complexity index is 753. The van der Waals surface area contributed by atoms with E-state index >= 15 is 0 Å². The molecule has 3 heteroatoms. The lowest BCUT2D eigenvalue weighted by Gasteiger charge is -2.10. The minimum atomic E-state index is 0.144. The lowest BCUT2D eigenvalue weighted by Crippen LogP contribution is -1.95. The average Bonchev–Trinajstić information content (AvgIpc) is 2.45. The summed E-state index contributed by atoms with van der Waals surface area (Å²) < 4.78 is 5.68. The van der Waals surface area contributed by atoms with Gasteiger partial charge in [0.25, 0.3) is 0 Å². The normalized spacial score (nSPS) is 10.7. The standard InChI is InChI=1S/C17H13ClO2/c18-15-7-3-4-12(8-15)11-20-17-10-14-6-2-1-5-13(14)9-16(17)19/h1-10,19H,11H2. The van der Waals surface area contributed by atoms with E-state index in [2.05, 4.69) is 0 Å². The van der Waals surface area contributed by atoms with Gasteiger partial charge in [0.05, 0.1) is 0 Å². The first-order chi connectivity index (χ1) is 9.72. The molecule has 0 aliphatic heterocycles. The quantitative estimate of drug-likeness (QED) is 0.750. The van der Waals surface area contributed by atoms with Crippen molar-refractivity contribution >= 4 is 22.4 Å². The zero-order valence-corrected chi connectivity index (χ0v) is 11.5. The maximum atomic E-state index is 9.99. The number of ether oxygens (including phenoxy) is 1. The average molecular weight is 285 g/mol. The van der Waals surface area contributed by atoms with Crippen molar-refractivity contribution in [2.75, 3.05) is 0 Å². The van der Waals surface area contributed by atoms with Gasteiger partial charge in [-0.25, -0.2) is 0 Å². The smallest absolute Gasteiger partial charge is 0.162 e. The first-order valence-corrected chi connectivity index (χ1v) is 6.69. The van der Waals surface area contributed by atoms with E-state index in [1.54, 1.807) is 6.07 Å². The second kappa shape index (κ2) is 5.43. The summed E-state index contributed by atoms with van der Waals surface area (Å²) in [5.41, 5.74) is 0.963. The van der Waals surface area contributed by atoms with Gasteiger partial charge < -0.3 is 9.84 Å². The molecule has 0 saturated heterocycles. The minimum Gasteiger partial charge on any atom is -0.504 e. The third-order valence-corrected chi connectivity index (χ3v) is 3.35. The van der Waals surface area contributed by atoms with Crippen LogP contribution >= 0.6 is 11.6 Å². The number of aromatic hydroxyl groups is 1. The number of phenolic OH excluding ortho intramolecular Hbond substituents is 1. The number of benzene rings is 3. The SMILES string of the molecule is Oc1cc2ccccc2cc1OCc1cccc(Cl)c1. The predicted molar refractivity (Wildman–Crippen MR) is 81.4 cm³/mol. The molecule has 0 unspecified atom stereocenters. The zero-order valence-electron chi connectivity index (χ0n) is 10.7. The molecule has 0 aromatic heterocycles. The summed E-state index contributed by atoms with van der Waals surface area (Å²) >= 11 is 5.93. The van der Waals surface area contributed by atoms with Gasteiger partial charge in [-0.2, -0.15) is 0 Å². The lowest BCUT2D eigenvalue weighted by molar-refractivity contribution is 0.289. The molecule has 3 aromatic carbocycles. The van der Waals surface area contributed by atoms with Gasteiger partial charge in [0.1, 0.15) is 6.61 Å². The first kappa shape index (κ1) is 12.8. The summed E-state index contributed by atoms with van der Waals surface area (Å²) in [6.07, 6.45) is 0. The van der Waals surface area contributed by atoms with Gasteiger partial charge in [0.2, 0.25) is 0 Å². The van der Waals surface area contributed by atoms with E-state index in [4.69, 9.17) is 16.3 Å². The van der Waals surface area contributed by atoms with Gasteiger partial charge in [0.15, 0.2) is 11.5 Å². The fourth-order valence-corrected chi connectivity index (χ4v) is 2.32. The molecule has 0 bridgehead atoms. The van der Waals surface area contributed by atoms with Gasteiger partial charge in [-0.1, -0.05) is 48.0 Å². The van der Waals surface area contributed by atoms with Crippen molar-refractivity contribution in [2.24, 2.45) is 0 Å². The molecule has 0 aliphatic carbocycles. The highest BCUT2D eigenvalue weighted by Gasteiger charge is 2.05. The third-order valence-electron chi connectivity index (χ3n) is 3.11. The number of rotatable bonds is 3. The molecule has 100 valence electrons. The van der Waals surface area contributed by atoms with Gasteiger partial charge >= 0.3 is 0 Å². The van der Waals surface area contributed by atoms with Gasteiger partial charge in [0, 0.05) is 5.02 Å². The Morgan fingerprint density at radius 2 is 1.65 bits per heavy atom. The van der Waals surface area contributed by atoms with E-state index in [1.807, 2.05) is 54.6 Å². The van der Waals surface area contributed by atoms with E-state index in [1.165, 1.54) is 0 Å². The van der Waals surface area contributed by atoms with Crippen LogP contribution in [0.4, 0.5) is 0 Å². The highest BCUT2D eigenvalue weighted by molar-refractivity contribution is 6.30. The highest BCUT2D eigenvalue weighted by atomic mass is 35.5. The lowest BCUT2D eigenvalue weighted by atomic mass is 10.1. The van der Waals surface area contributed by atoms with Crippen LogP contribution in [0.3, 0.4) is 0 Å². The molecule has 20 heavy (non-hydrogen) atoms. The van der Waals surface area contributed by atoms with Crippen LogP contribution in [0.5, 0.6) is 11.5 Å². The molecule has 0 radical (unpaired) electrons. The van der Waals surface area contributed by atoms with Crippen molar-refractivity contribution in [1.82, 2.24) is 0 Å². The molecule has 0 fully saturated rings. The molecule has 0 heterocycles. The van der Waals surface area contributed by atoms with Crippen LogP contribution in [-0.2, 0) is 6.61 Å². The number of hydrogen-bond donors (Lipinski definition) is 1. The second-order valence-electron chi connectivity index (χ2n) is 4.59. The summed E-state index contributed by atoms with van der Waals surface area (Å²) in [7, 11) is 0. The van der Waals surface area contributed by atoms with Crippen molar-refractivity contribution < 1.29 is 9.84 Å². The van der Waals surface area contributed by atoms with Gasteiger partial charge in [-0.05, 0) is 40.6 Å². The molecule has 3 aromatic rings. The summed E-state index contributed by atoms with van der Waals surface area (Å²) in [5, 5.41) is 12.7. The van der Waals surface area contributed by atoms with E-state index in [0.717, 1.165) is 16.3 Å². The fraction of sp³-hybridized carbons (Fsp3) is 0.0588. The molecule has 0 saturated carbocycles. The van der Waals surface area contributed by atoms with Crippen LogP contribution in [0.25, 0.3) is 10.8 Å². The Morgan fingerprint density at radius 1 is 0.900 bits per heavy atom. The van der Waals surface area contributed by atoms with E-state index in [-0.39, 0.29) is 5.75 Å². The predicted octanol–water partition coefficient (Wildman–Crippen LogP) is 4.78. The summed E-state index contributed by atoms with van der Waals surface area (Å²) in [4.78, 5) is 0. The second-order valence-corrected chi connectivity index (χ2v) is 5.02. The monoisotopic (exact) mass is 284 g/mol. The van der Waals surface area contributed by atoms with Gasteiger partial charge in [-0.15, -0.1) is 0 Å². The Hall–Kier alpha value is -2.19. The van der Waals surface area contributed by atoms with Crippen molar-refractivity contribution in [1.29, 1.82) is 0 Å². The summed E-state index contributed by atoms with van der Waals surface area (Å²) in [5.74, 6) is 0.620. The maximum absolute atomic E-state index is 9.99. The first-order valence-electron chi connectivity index (χ1n) is 6.31. The zero-order chi connectivity index (χ0) is 13.9. The van der Waals surface area contributed by atoms with Crippen LogP contribution in [0, 0.1) is 0 Å². The van der Waals surface area contributed by atoms with Crippen LogP contribution in [-0.4, -0.2) is 5.11 Å². The molecule has 3 rings (SSSR count). The van der Waals surface area contributed by atoms with Crippen LogP contribution in [0.2, 0.25) is 5.02 Å². The van der Waals surface area contributed by atoms with Gasteiger partial charge in [-0.3, -0.25) is 0 Å². The number of hydrogen-bond acceptors (Lipinski definition) is 2. The molecule has 1 N–H and O–H groups in total. The van der Waals surface area contributed by atoms with E-state index in [0.29, 0.717) is 17.4 Å². The third kappa shape index (κ3) is 2.70. The topological polar surface area (TPSA) is 29.5 Å². The van der Waals surface area contributed by atoms with E-state index < -0.39 is 0 Å². The number of halogens is 1. The number of fused-ring (bicyclic) bond motifs is 1. The molecular formula is C17H13ClO2. The number of phenols is 1. The Morgan fingerprint density at radius 3 is 2.40 bits per heavy atom. The Balaban J connectivity index is 1.85. The molecule has 0 aliphatic rings. The summed E-state index contributed by atoms with van der Waals surface area (Å²) in [6.45, 7) is 0.368. The Labute approximate surface area is 122 Å². The maximum Gasteiger partial charge on any atom is 0.162 e. The molecule has 2 nitrogen and oxygen atoms in total. The minimum absolute atomic E-state index is 0.144. The molecule has 0 spiro atoms.